The third kappa shape index (κ3) is 4.43. The Kier molecular flexibility index (Phi) is 7.02. The number of benzene rings is 3. The Morgan fingerprint density at radius 2 is 1.20 bits per heavy atom. The third-order valence-corrected chi connectivity index (χ3v) is 5.45. The van der Waals surface area contributed by atoms with Gasteiger partial charge in [-0.1, -0.05) is 97.9 Å². The molecule has 4 nitrogen and oxygen atoms in total. The Hall–Kier alpha value is -3.40. The average molecular weight is 402 g/mol. The van der Waals surface area contributed by atoms with E-state index < -0.39 is 17.4 Å². The number of esters is 1. The lowest BCUT2D eigenvalue weighted by Crippen LogP contribution is -2.44. The van der Waals surface area contributed by atoms with Crippen molar-refractivity contribution < 1.29 is 14.3 Å². The smallest absolute Gasteiger partial charge is 0.328 e. The lowest BCUT2D eigenvalue weighted by molar-refractivity contribution is -0.145. The number of ether oxygens (including phenoxy) is 1. The predicted molar refractivity (Wildman–Crippen MR) is 118 cm³/mol. The quantitative estimate of drug-likeness (QED) is 0.447. The molecule has 0 fully saturated rings. The number of methoxy groups -OCH3 is 1. The molecule has 0 bridgehead atoms. The van der Waals surface area contributed by atoms with Gasteiger partial charge in [-0.05, 0) is 23.1 Å². The minimum atomic E-state index is -0.692. The Labute approximate surface area is 177 Å². The summed E-state index contributed by atoms with van der Waals surface area (Å²) >= 11 is 0. The zero-order valence-electron chi connectivity index (χ0n) is 17.4. The molecule has 4 heteroatoms. The van der Waals surface area contributed by atoms with Crippen LogP contribution in [0.3, 0.4) is 0 Å². The van der Waals surface area contributed by atoms with E-state index in [2.05, 4.69) is 5.32 Å². The van der Waals surface area contributed by atoms with Gasteiger partial charge in [-0.25, -0.2) is 4.79 Å². The first-order valence-electron chi connectivity index (χ1n) is 10.2. The number of carbonyl (C=O) groups is 2. The van der Waals surface area contributed by atoms with Crippen LogP contribution in [0.15, 0.2) is 91.0 Å². The third-order valence-electron chi connectivity index (χ3n) is 5.45. The fraction of sp³-hybridized carbons (Fsp3) is 0.231. The molecular weight excluding hydrogens is 374 g/mol. The van der Waals surface area contributed by atoms with Gasteiger partial charge >= 0.3 is 5.97 Å². The van der Waals surface area contributed by atoms with Gasteiger partial charge in [0.1, 0.15) is 6.04 Å². The topological polar surface area (TPSA) is 55.4 Å². The van der Waals surface area contributed by atoms with Gasteiger partial charge in [-0.2, -0.15) is 0 Å². The van der Waals surface area contributed by atoms with Crippen LogP contribution < -0.4 is 5.32 Å². The van der Waals surface area contributed by atoms with Crippen molar-refractivity contribution in [3.05, 3.63) is 108 Å². The van der Waals surface area contributed by atoms with Gasteiger partial charge in [-0.15, -0.1) is 0 Å². The van der Waals surface area contributed by atoms with E-state index in [0.29, 0.717) is 6.42 Å². The molecule has 0 radical (unpaired) electrons. The zero-order valence-corrected chi connectivity index (χ0v) is 17.4. The van der Waals surface area contributed by atoms with Crippen molar-refractivity contribution in [3.8, 4) is 0 Å². The molecule has 1 atom stereocenters. The molecule has 1 N–H and O–H groups in total. The van der Waals surface area contributed by atoms with E-state index in [9.17, 15) is 9.59 Å². The van der Waals surface area contributed by atoms with Crippen molar-refractivity contribution >= 4 is 11.9 Å². The van der Waals surface area contributed by atoms with Crippen LogP contribution in [0.4, 0.5) is 0 Å². The van der Waals surface area contributed by atoms with Crippen molar-refractivity contribution in [1.82, 2.24) is 5.32 Å². The molecule has 154 valence electrons. The number of rotatable bonds is 8. The second kappa shape index (κ2) is 9.88. The number of hydrogen-bond acceptors (Lipinski definition) is 3. The van der Waals surface area contributed by atoms with E-state index in [1.165, 1.54) is 7.11 Å². The van der Waals surface area contributed by atoms with Crippen molar-refractivity contribution in [3.63, 3.8) is 0 Å². The maximum Gasteiger partial charge on any atom is 0.328 e. The zero-order chi connectivity index (χ0) is 21.4. The lowest BCUT2D eigenvalue weighted by atomic mass is 9.67. The average Bonchev–Trinajstić information content (AvgIpc) is 2.82. The second-order valence-corrected chi connectivity index (χ2v) is 7.23. The largest absolute Gasteiger partial charge is 0.467 e. The summed E-state index contributed by atoms with van der Waals surface area (Å²) in [6.45, 7) is 1.85. The van der Waals surface area contributed by atoms with Gasteiger partial charge in [0.05, 0.1) is 12.5 Å². The van der Waals surface area contributed by atoms with Crippen LogP contribution in [0.5, 0.6) is 0 Å². The molecular formula is C26H27NO3. The van der Waals surface area contributed by atoms with Crippen molar-refractivity contribution in [1.29, 1.82) is 0 Å². The molecule has 1 amide bonds. The highest BCUT2D eigenvalue weighted by Crippen LogP contribution is 2.42. The summed E-state index contributed by atoms with van der Waals surface area (Å²) in [6.07, 6.45) is 0.631. The first-order chi connectivity index (χ1) is 14.6. The van der Waals surface area contributed by atoms with Gasteiger partial charge in [0, 0.05) is 6.42 Å². The molecule has 0 heterocycles. The van der Waals surface area contributed by atoms with Crippen molar-refractivity contribution in [2.75, 3.05) is 7.11 Å². The molecule has 3 aromatic rings. The van der Waals surface area contributed by atoms with Gasteiger partial charge < -0.3 is 10.1 Å². The number of amides is 1. The summed E-state index contributed by atoms with van der Waals surface area (Å²) in [7, 11) is 1.33. The minimum Gasteiger partial charge on any atom is -0.467 e. The molecule has 0 aliphatic carbocycles. The first-order valence-corrected chi connectivity index (χ1v) is 10.2. The Morgan fingerprint density at radius 3 is 1.53 bits per heavy atom. The van der Waals surface area contributed by atoms with E-state index in [-0.39, 0.29) is 12.3 Å². The highest BCUT2D eigenvalue weighted by molar-refractivity contribution is 5.86. The minimum absolute atomic E-state index is 0.165. The molecule has 0 saturated carbocycles. The van der Waals surface area contributed by atoms with Gasteiger partial charge in [-0.3, -0.25) is 4.79 Å². The van der Waals surface area contributed by atoms with E-state index in [4.69, 9.17) is 4.74 Å². The van der Waals surface area contributed by atoms with Crippen LogP contribution in [-0.4, -0.2) is 25.0 Å². The molecule has 0 saturated heterocycles. The summed E-state index contributed by atoms with van der Waals surface area (Å²) in [5.74, 6) is -0.639. The second-order valence-electron chi connectivity index (χ2n) is 7.23. The molecule has 30 heavy (non-hydrogen) atoms. The molecule has 3 aromatic carbocycles. The predicted octanol–water partition coefficient (Wildman–Crippen LogP) is 4.48. The fourth-order valence-corrected chi connectivity index (χ4v) is 3.93. The summed E-state index contributed by atoms with van der Waals surface area (Å²) in [5, 5.41) is 2.87. The van der Waals surface area contributed by atoms with E-state index in [1.807, 2.05) is 97.9 Å². The van der Waals surface area contributed by atoms with Crippen molar-refractivity contribution in [2.24, 2.45) is 0 Å². The molecule has 0 unspecified atom stereocenters. The van der Waals surface area contributed by atoms with Crippen molar-refractivity contribution in [2.45, 2.75) is 31.2 Å². The Balaban J connectivity index is 2.12. The SMILES string of the molecule is CC[C@H](NC(=O)CC(c1ccccc1)(c1ccccc1)c1ccccc1)C(=O)OC. The van der Waals surface area contributed by atoms with Crippen LogP contribution in [0.2, 0.25) is 0 Å². The van der Waals surface area contributed by atoms with Crippen LogP contribution in [0, 0.1) is 0 Å². The maximum atomic E-state index is 13.2. The van der Waals surface area contributed by atoms with Crippen LogP contribution in [-0.2, 0) is 19.7 Å². The van der Waals surface area contributed by atoms with E-state index in [0.717, 1.165) is 16.7 Å². The highest BCUT2D eigenvalue weighted by atomic mass is 16.5. The summed E-state index contributed by atoms with van der Waals surface area (Å²) < 4.78 is 4.83. The molecule has 3 rings (SSSR count). The Morgan fingerprint density at radius 1 is 0.800 bits per heavy atom. The summed E-state index contributed by atoms with van der Waals surface area (Å²) in [4.78, 5) is 25.3. The first kappa shape index (κ1) is 21.3. The fourth-order valence-electron chi connectivity index (χ4n) is 3.93. The highest BCUT2D eigenvalue weighted by Gasteiger charge is 2.39. The number of nitrogens with one attached hydrogen (secondary N) is 1. The summed E-state index contributed by atoms with van der Waals surface area (Å²) in [6, 6.07) is 29.4. The molecule has 0 aliphatic heterocycles. The van der Waals surface area contributed by atoms with Crippen LogP contribution >= 0.6 is 0 Å². The molecule has 0 spiro atoms. The number of hydrogen-bond donors (Lipinski definition) is 1. The summed E-state index contributed by atoms with van der Waals surface area (Å²) in [5.41, 5.74) is 2.36. The molecule has 0 aromatic heterocycles. The normalized spacial score (nSPS) is 12.1. The van der Waals surface area contributed by atoms with E-state index in [1.54, 1.807) is 0 Å². The van der Waals surface area contributed by atoms with Crippen LogP contribution in [0.1, 0.15) is 36.5 Å². The van der Waals surface area contributed by atoms with Crippen LogP contribution in [0.25, 0.3) is 0 Å². The maximum absolute atomic E-state index is 13.2. The molecule has 0 aliphatic rings. The monoisotopic (exact) mass is 401 g/mol. The number of carbonyl (C=O) groups excluding carboxylic acids is 2. The standard InChI is InChI=1S/C26H27NO3/c1-3-23(25(29)30-2)27-24(28)19-26(20-13-7-4-8-14-20,21-15-9-5-10-16-21)22-17-11-6-12-18-22/h4-18,23H,3,19H2,1-2H3,(H,27,28)/t23-/m0/s1. The van der Waals surface area contributed by atoms with E-state index >= 15 is 0 Å². The lowest BCUT2D eigenvalue weighted by Gasteiger charge is -2.36. The Bertz CT molecular complexity index is 859. The van der Waals surface area contributed by atoms with Gasteiger partial charge in [0.15, 0.2) is 0 Å². The van der Waals surface area contributed by atoms with Gasteiger partial charge in [0.25, 0.3) is 0 Å². The van der Waals surface area contributed by atoms with Gasteiger partial charge in [0.2, 0.25) is 5.91 Å².